The molecule has 0 spiro atoms. The summed E-state index contributed by atoms with van der Waals surface area (Å²) in [6.07, 6.45) is 2.35. The summed E-state index contributed by atoms with van der Waals surface area (Å²) in [4.78, 5) is 8.35. The Morgan fingerprint density at radius 2 is 1.95 bits per heavy atom. The van der Waals surface area contributed by atoms with Gasteiger partial charge in [-0.25, -0.2) is 0 Å². The molecule has 2 aromatic rings. The molecule has 0 fully saturated rings. The molecule has 1 N–H and O–H groups in total. The number of methoxy groups -OCH3 is 1. The van der Waals surface area contributed by atoms with Crippen LogP contribution in [0.15, 0.2) is 36.7 Å². The fraction of sp³-hybridized carbons (Fsp3) is 0.333. The van der Waals surface area contributed by atoms with Gasteiger partial charge in [-0.15, -0.1) is 0 Å². The van der Waals surface area contributed by atoms with E-state index in [1.807, 2.05) is 31.2 Å². The smallest absolute Gasteiger partial charge is 0.126 e. The molecule has 1 atom stereocenters. The summed E-state index contributed by atoms with van der Waals surface area (Å²) in [7, 11) is 1.62. The van der Waals surface area contributed by atoms with E-state index in [1.165, 1.54) is 0 Å². The van der Waals surface area contributed by atoms with Crippen LogP contribution in [0.4, 0.5) is 0 Å². The third-order valence-electron chi connectivity index (χ3n) is 2.84. The molecule has 0 aliphatic rings. The quantitative estimate of drug-likeness (QED) is 0.815. The lowest BCUT2D eigenvalue weighted by Gasteiger charge is -2.15. The monoisotopic (exact) mass is 274 g/mol. The summed E-state index contributed by atoms with van der Waals surface area (Å²) in [6, 6.07) is 7.34. The van der Waals surface area contributed by atoms with Crippen molar-refractivity contribution >= 4 is 0 Å². The van der Waals surface area contributed by atoms with Gasteiger partial charge in [-0.05, 0) is 13.0 Å². The number of aromatic nitrogens is 2. The summed E-state index contributed by atoms with van der Waals surface area (Å²) < 4.78 is 10.6. The van der Waals surface area contributed by atoms with Crippen molar-refractivity contribution in [3.05, 3.63) is 53.6 Å². The van der Waals surface area contributed by atoms with Gasteiger partial charge in [-0.2, -0.15) is 0 Å². The van der Waals surface area contributed by atoms with Crippen molar-refractivity contribution < 1.29 is 14.6 Å². The number of hydrogen-bond acceptors (Lipinski definition) is 5. The minimum absolute atomic E-state index is 0.430. The molecule has 1 heterocycles. The van der Waals surface area contributed by atoms with E-state index < -0.39 is 6.10 Å². The van der Waals surface area contributed by atoms with Crippen molar-refractivity contribution in [1.29, 1.82) is 0 Å². The Labute approximate surface area is 118 Å². The normalized spacial score (nSPS) is 12.2. The Morgan fingerprint density at radius 1 is 1.15 bits per heavy atom. The lowest BCUT2D eigenvalue weighted by molar-refractivity contribution is 0.142. The van der Waals surface area contributed by atoms with Crippen LogP contribution in [0.1, 0.15) is 23.1 Å². The minimum Gasteiger partial charge on any atom is -0.491 e. The Bertz CT molecular complexity index is 543. The Kier molecular flexibility index (Phi) is 5.03. The second-order valence-corrected chi connectivity index (χ2v) is 4.36. The molecule has 0 aliphatic heterocycles. The largest absolute Gasteiger partial charge is 0.491 e. The van der Waals surface area contributed by atoms with Crippen LogP contribution in [0.25, 0.3) is 0 Å². The number of para-hydroxylation sites is 1. The molecule has 0 amide bonds. The van der Waals surface area contributed by atoms with Gasteiger partial charge in [0.25, 0.3) is 0 Å². The van der Waals surface area contributed by atoms with Crippen LogP contribution in [0.2, 0.25) is 0 Å². The summed E-state index contributed by atoms with van der Waals surface area (Å²) in [5, 5.41) is 10.4. The van der Waals surface area contributed by atoms with Crippen molar-refractivity contribution in [1.82, 2.24) is 9.97 Å². The molecule has 1 unspecified atom stereocenters. The number of benzene rings is 1. The number of aliphatic hydroxyl groups is 1. The van der Waals surface area contributed by atoms with E-state index in [2.05, 4.69) is 9.97 Å². The summed E-state index contributed by atoms with van der Waals surface area (Å²) in [5.74, 6) is 0.624. The number of rotatable bonds is 6. The number of hydrogen-bond donors (Lipinski definition) is 1. The first kappa shape index (κ1) is 14.4. The maximum atomic E-state index is 10.4. The van der Waals surface area contributed by atoms with Gasteiger partial charge in [-0.3, -0.25) is 9.97 Å². The van der Waals surface area contributed by atoms with Crippen molar-refractivity contribution in [3.63, 3.8) is 0 Å². The van der Waals surface area contributed by atoms with Gasteiger partial charge in [0.1, 0.15) is 18.5 Å². The molecule has 0 saturated heterocycles. The minimum atomic E-state index is -0.859. The predicted octanol–water partition coefficient (Wildman–Crippen LogP) is 1.89. The van der Waals surface area contributed by atoms with Crippen molar-refractivity contribution in [3.8, 4) is 5.75 Å². The highest BCUT2D eigenvalue weighted by molar-refractivity contribution is 5.38. The number of ether oxygens (including phenoxy) is 2. The van der Waals surface area contributed by atoms with Crippen LogP contribution in [0, 0.1) is 6.92 Å². The molecule has 0 bridgehead atoms. The standard InChI is InChI=1S/C15H18N2O3/c1-11-9-17-13(10-16-11)15(18)12-5-3-4-6-14(12)20-8-7-19-2/h3-6,9-10,15,18H,7-8H2,1-2H3. The second kappa shape index (κ2) is 6.98. The SMILES string of the molecule is COCCOc1ccccc1C(O)c1cnc(C)cn1. The van der Waals surface area contributed by atoms with Gasteiger partial charge >= 0.3 is 0 Å². The molecule has 5 nitrogen and oxygen atoms in total. The molecule has 0 saturated carbocycles. The third kappa shape index (κ3) is 3.53. The Hall–Kier alpha value is -1.98. The molecule has 0 radical (unpaired) electrons. The van der Waals surface area contributed by atoms with E-state index in [0.717, 1.165) is 5.69 Å². The Morgan fingerprint density at radius 3 is 2.65 bits per heavy atom. The van der Waals surface area contributed by atoms with Gasteiger partial charge in [0.05, 0.1) is 24.2 Å². The molecule has 1 aromatic heterocycles. The van der Waals surface area contributed by atoms with Gasteiger partial charge in [0.2, 0.25) is 0 Å². The summed E-state index contributed by atoms with van der Waals surface area (Å²) in [6.45, 7) is 2.78. The van der Waals surface area contributed by atoms with Crippen molar-refractivity contribution in [2.24, 2.45) is 0 Å². The molecule has 2 rings (SSSR count). The van der Waals surface area contributed by atoms with Crippen LogP contribution >= 0.6 is 0 Å². The molecule has 0 aliphatic carbocycles. The summed E-state index contributed by atoms with van der Waals surface area (Å²) in [5.41, 5.74) is 1.98. The first-order chi connectivity index (χ1) is 9.72. The molecule has 106 valence electrons. The van der Waals surface area contributed by atoms with Crippen LogP contribution in [-0.4, -0.2) is 35.4 Å². The highest BCUT2D eigenvalue weighted by Crippen LogP contribution is 2.28. The molecule has 1 aromatic carbocycles. The van der Waals surface area contributed by atoms with Crippen LogP contribution < -0.4 is 4.74 Å². The average Bonchev–Trinajstić information content (AvgIpc) is 2.48. The topological polar surface area (TPSA) is 64.5 Å². The van der Waals surface area contributed by atoms with Gasteiger partial charge < -0.3 is 14.6 Å². The zero-order valence-corrected chi connectivity index (χ0v) is 11.6. The van der Waals surface area contributed by atoms with E-state index >= 15 is 0 Å². The number of aliphatic hydroxyl groups excluding tert-OH is 1. The maximum Gasteiger partial charge on any atom is 0.126 e. The molecular formula is C15H18N2O3. The van der Waals surface area contributed by atoms with Crippen molar-refractivity contribution in [2.75, 3.05) is 20.3 Å². The van der Waals surface area contributed by atoms with E-state index in [9.17, 15) is 5.11 Å². The molecular weight excluding hydrogens is 256 g/mol. The van der Waals surface area contributed by atoms with E-state index in [-0.39, 0.29) is 0 Å². The lowest BCUT2D eigenvalue weighted by atomic mass is 10.1. The highest BCUT2D eigenvalue weighted by Gasteiger charge is 2.16. The average molecular weight is 274 g/mol. The maximum absolute atomic E-state index is 10.4. The fourth-order valence-electron chi connectivity index (χ4n) is 1.78. The zero-order valence-electron chi connectivity index (χ0n) is 11.6. The Balaban J connectivity index is 2.20. The van der Waals surface area contributed by atoms with Gasteiger partial charge in [0.15, 0.2) is 0 Å². The van der Waals surface area contributed by atoms with E-state index in [0.29, 0.717) is 30.2 Å². The second-order valence-electron chi connectivity index (χ2n) is 4.36. The van der Waals surface area contributed by atoms with Crippen LogP contribution in [0.5, 0.6) is 5.75 Å². The fourth-order valence-corrected chi connectivity index (χ4v) is 1.78. The number of aryl methyl sites for hydroxylation is 1. The van der Waals surface area contributed by atoms with Gasteiger partial charge in [-0.1, -0.05) is 18.2 Å². The summed E-state index contributed by atoms with van der Waals surface area (Å²) >= 11 is 0. The van der Waals surface area contributed by atoms with Crippen LogP contribution in [-0.2, 0) is 4.74 Å². The van der Waals surface area contributed by atoms with E-state index in [1.54, 1.807) is 19.5 Å². The van der Waals surface area contributed by atoms with Gasteiger partial charge in [0, 0.05) is 18.9 Å². The van der Waals surface area contributed by atoms with Crippen LogP contribution in [0.3, 0.4) is 0 Å². The first-order valence-electron chi connectivity index (χ1n) is 6.39. The highest BCUT2D eigenvalue weighted by atomic mass is 16.5. The van der Waals surface area contributed by atoms with Crippen molar-refractivity contribution in [2.45, 2.75) is 13.0 Å². The van der Waals surface area contributed by atoms with E-state index in [4.69, 9.17) is 9.47 Å². The predicted molar refractivity (Wildman–Crippen MR) is 74.6 cm³/mol. The lowest BCUT2D eigenvalue weighted by Crippen LogP contribution is -2.09. The zero-order chi connectivity index (χ0) is 14.4. The first-order valence-corrected chi connectivity index (χ1v) is 6.39. The third-order valence-corrected chi connectivity index (χ3v) is 2.84. The number of nitrogens with zero attached hydrogens (tertiary/aromatic N) is 2. The molecule has 5 heteroatoms. The molecule has 20 heavy (non-hydrogen) atoms.